The van der Waals surface area contributed by atoms with E-state index in [1.807, 2.05) is 13.0 Å². The maximum absolute atomic E-state index is 4.64. The largest absolute Gasteiger partial charge is 0.103 e. The topological polar surface area (TPSA) is 0 Å². The Hall–Kier alpha value is -4.16. The summed E-state index contributed by atoms with van der Waals surface area (Å²) in [7, 11) is 0. The number of benzene rings is 4. The molecule has 0 unspecified atom stereocenters. The Morgan fingerprint density at radius 2 is 1.56 bits per heavy atom. The zero-order chi connectivity index (χ0) is 27.4. The van der Waals surface area contributed by atoms with Crippen molar-refractivity contribution >= 4 is 38.8 Å². The summed E-state index contributed by atoms with van der Waals surface area (Å²) in [5.74, 6) is 0. The molecule has 4 aromatic carbocycles. The Morgan fingerprint density at radius 1 is 0.846 bits per heavy atom. The van der Waals surface area contributed by atoms with Gasteiger partial charge in [-0.3, -0.25) is 0 Å². The molecule has 0 fully saturated rings. The molecule has 0 saturated heterocycles. The van der Waals surface area contributed by atoms with Crippen LogP contribution in [0.5, 0.6) is 0 Å². The molecule has 0 aliphatic heterocycles. The second-order valence-electron chi connectivity index (χ2n) is 10.5. The molecule has 1 aliphatic rings. The van der Waals surface area contributed by atoms with E-state index >= 15 is 0 Å². The first-order valence-electron chi connectivity index (χ1n) is 14.1. The zero-order valence-electron chi connectivity index (χ0n) is 23.6. The number of rotatable bonds is 8. The zero-order valence-corrected chi connectivity index (χ0v) is 23.6. The molecule has 0 spiro atoms. The van der Waals surface area contributed by atoms with Crippen LogP contribution in [0.15, 0.2) is 127 Å². The summed E-state index contributed by atoms with van der Waals surface area (Å²) in [6, 6.07) is 26.8. The van der Waals surface area contributed by atoms with Crippen LogP contribution in [0.1, 0.15) is 61.8 Å². The van der Waals surface area contributed by atoms with Gasteiger partial charge < -0.3 is 0 Å². The summed E-state index contributed by atoms with van der Waals surface area (Å²) in [4.78, 5) is 0. The lowest BCUT2D eigenvalue weighted by molar-refractivity contribution is 0.846. The standard InChI is InChI=1S/C39H38/c1-6-8-10-16-30-23-25-32(35-20-15-13-18-33(30)35)29(5)39-28(4)26-38(37(39)21-11-9-7-2)36-24-22-27(3)31-17-12-14-19-34(31)36/h6-8,10,12-20,22-25H,2,4,9,11,21,26H2,1,3,5H3/b8-6-,16-10-,39-29+. The summed E-state index contributed by atoms with van der Waals surface area (Å²) in [5.41, 5.74) is 12.0. The fourth-order valence-corrected chi connectivity index (χ4v) is 6.13. The summed E-state index contributed by atoms with van der Waals surface area (Å²) in [6.45, 7) is 15.2. The van der Waals surface area contributed by atoms with Crippen molar-refractivity contribution in [2.45, 2.75) is 46.5 Å². The quantitative estimate of drug-likeness (QED) is 0.127. The van der Waals surface area contributed by atoms with Gasteiger partial charge in [0.05, 0.1) is 0 Å². The van der Waals surface area contributed by atoms with Gasteiger partial charge in [-0.2, -0.15) is 0 Å². The first kappa shape index (κ1) is 26.4. The lowest BCUT2D eigenvalue weighted by atomic mass is 9.87. The van der Waals surface area contributed by atoms with Crippen LogP contribution in [0.3, 0.4) is 0 Å². The van der Waals surface area contributed by atoms with E-state index in [1.165, 1.54) is 71.7 Å². The molecule has 0 heteroatoms. The molecule has 5 rings (SSSR count). The predicted octanol–water partition coefficient (Wildman–Crippen LogP) is 11.4. The molecule has 0 aromatic heterocycles. The van der Waals surface area contributed by atoms with E-state index in [1.54, 1.807) is 0 Å². The van der Waals surface area contributed by atoms with E-state index in [-0.39, 0.29) is 0 Å². The fourth-order valence-electron chi connectivity index (χ4n) is 6.13. The highest BCUT2D eigenvalue weighted by molar-refractivity contribution is 6.03. The molecule has 0 N–H and O–H groups in total. The molecule has 0 bridgehead atoms. The van der Waals surface area contributed by atoms with E-state index in [4.69, 9.17) is 0 Å². The van der Waals surface area contributed by atoms with Gasteiger partial charge in [0.2, 0.25) is 0 Å². The lowest BCUT2D eigenvalue weighted by Gasteiger charge is -2.17. The first-order chi connectivity index (χ1) is 19.0. The van der Waals surface area contributed by atoms with Crippen LogP contribution in [0.25, 0.3) is 38.8 Å². The molecule has 4 aromatic rings. The number of hydrogen-bond donors (Lipinski definition) is 0. The highest BCUT2D eigenvalue weighted by Crippen LogP contribution is 2.48. The molecular formula is C39H38. The third kappa shape index (κ3) is 5.12. The van der Waals surface area contributed by atoms with Crippen LogP contribution in [0.2, 0.25) is 0 Å². The molecule has 1 aliphatic carbocycles. The molecule has 0 amide bonds. The molecule has 39 heavy (non-hydrogen) atoms. The molecule has 0 heterocycles. The summed E-state index contributed by atoms with van der Waals surface area (Å²) >= 11 is 0. The Morgan fingerprint density at radius 3 is 2.31 bits per heavy atom. The number of allylic oxidation sites excluding steroid dienone is 9. The second-order valence-corrected chi connectivity index (χ2v) is 10.5. The predicted molar refractivity (Wildman–Crippen MR) is 174 cm³/mol. The number of fused-ring (bicyclic) bond motifs is 2. The number of aryl methyl sites for hydroxylation is 1. The van der Waals surface area contributed by atoms with Gasteiger partial charge >= 0.3 is 0 Å². The van der Waals surface area contributed by atoms with E-state index < -0.39 is 0 Å². The minimum Gasteiger partial charge on any atom is -0.103 e. The SMILES string of the molecule is C=CCCCC1=C(c2ccc(C)c3ccccc23)CC(=C)/C1=C(/C)c1ccc(/C=C\C=C/C)c2ccccc12. The van der Waals surface area contributed by atoms with Crippen molar-refractivity contribution in [2.75, 3.05) is 0 Å². The highest BCUT2D eigenvalue weighted by Gasteiger charge is 2.27. The Balaban J connectivity index is 1.73. The van der Waals surface area contributed by atoms with Crippen LogP contribution in [-0.2, 0) is 0 Å². The lowest BCUT2D eigenvalue weighted by Crippen LogP contribution is -1.95. The van der Waals surface area contributed by atoms with Crippen LogP contribution < -0.4 is 0 Å². The third-order valence-corrected chi connectivity index (χ3v) is 8.03. The van der Waals surface area contributed by atoms with Crippen molar-refractivity contribution in [3.05, 3.63) is 149 Å². The van der Waals surface area contributed by atoms with Crippen molar-refractivity contribution in [1.29, 1.82) is 0 Å². The van der Waals surface area contributed by atoms with Crippen LogP contribution in [-0.4, -0.2) is 0 Å². The molecule has 0 saturated carbocycles. The Kier molecular flexibility index (Phi) is 7.94. The number of hydrogen-bond acceptors (Lipinski definition) is 0. The third-order valence-electron chi connectivity index (χ3n) is 8.03. The van der Waals surface area contributed by atoms with Gasteiger partial charge in [0.25, 0.3) is 0 Å². The van der Waals surface area contributed by atoms with Gasteiger partial charge in [-0.15, -0.1) is 6.58 Å². The molecule has 0 radical (unpaired) electrons. The van der Waals surface area contributed by atoms with E-state index in [9.17, 15) is 0 Å². The van der Waals surface area contributed by atoms with Crippen molar-refractivity contribution in [3.8, 4) is 0 Å². The van der Waals surface area contributed by atoms with Gasteiger partial charge in [-0.1, -0.05) is 110 Å². The van der Waals surface area contributed by atoms with E-state index in [0.29, 0.717) is 0 Å². The maximum atomic E-state index is 4.64. The van der Waals surface area contributed by atoms with Crippen molar-refractivity contribution < 1.29 is 0 Å². The van der Waals surface area contributed by atoms with Crippen LogP contribution in [0.4, 0.5) is 0 Å². The monoisotopic (exact) mass is 506 g/mol. The summed E-state index contributed by atoms with van der Waals surface area (Å²) in [5, 5.41) is 5.24. The average molecular weight is 507 g/mol. The average Bonchev–Trinajstić information content (AvgIpc) is 3.28. The van der Waals surface area contributed by atoms with Crippen molar-refractivity contribution in [2.24, 2.45) is 0 Å². The van der Waals surface area contributed by atoms with Crippen LogP contribution in [0, 0.1) is 6.92 Å². The van der Waals surface area contributed by atoms with Gasteiger partial charge in [0.15, 0.2) is 0 Å². The second kappa shape index (κ2) is 11.7. The normalized spacial score (nSPS) is 15.4. The van der Waals surface area contributed by atoms with E-state index in [0.717, 1.165) is 25.7 Å². The van der Waals surface area contributed by atoms with Crippen molar-refractivity contribution in [1.82, 2.24) is 0 Å². The molecule has 194 valence electrons. The minimum absolute atomic E-state index is 0.894. The smallest absolute Gasteiger partial charge is 0.00164 e. The molecular weight excluding hydrogens is 468 g/mol. The fraction of sp³-hybridized carbons (Fsp3) is 0.179. The molecule has 0 nitrogen and oxygen atoms in total. The van der Waals surface area contributed by atoms with Gasteiger partial charge in [0.1, 0.15) is 0 Å². The minimum atomic E-state index is 0.894. The highest BCUT2D eigenvalue weighted by atomic mass is 14.3. The first-order valence-corrected chi connectivity index (χ1v) is 14.1. The van der Waals surface area contributed by atoms with Gasteiger partial charge in [-0.05, 0) is 118 Å². The van der Waals surface area contributed by atoms with E-state index in [2.05, 4.69) is 124 Å². The van der Waals surface area contributed by atoms with Crippen molar-refractivity contribution in [3.63, 3.8) is 0 Å². The van der Waals surface area contributed by atoms with Crippen LogP contribution >= 0.6 is 0 Å². The Bertz CT molecular complexity index is 1700. The van der Waals surface area contributed by atoms with Gasteiger partial charge in [-0.25, -0.2) is 0 Å². The summed E-state index contributed by atoms with van der Waals surface area (Å²) < 4.78 is 0. The maximum Gasteiger partial charge on any atom is -0.00164 e. The molecule has 0 atom stereocenters. The summed E-state index contributed by atoms with van der Waals surface area (Å²) in [6.07, 6.45) is 14.5. The Labute approximate surface area is 234 Å². The number of unbranched alkanes of at least 4 members (excludes halogenated alkanes) is 1. The van der Waals surface area contributed by atoms with Gasteiger partial charge in [0, 0.05) is 0 Å².